The molecule has 0 bridgehead atoms. The van der Waals surface area contributed by atoms with Crippen LogP contribution in [0, 0.1) is 0 Å². The minimum Gasteiger partial charge on any atom is -0.468 e. The van der Waals surface area contributed by atoms with Crippen molar-refractivity contribution >= 4 is 40.4 Å². The Morgan fingerprint density at radius 2 is 2.40 bits per heavy atom. The number of benzene rings is 1. The van der Waals surface area contributed by atoms with Gasteiger partial charge < -0.3 is 9.84 Å². The zero-order chi connectivity index (χ0) is 14.3. The van der Waals surface area contributed by atoms with Crippen molar-refractivity contribution in [2.24, 2.45) is 0 Å². The van der Waals surface area contributed by atoms with Gasteiger partial charge in [-0.1, -0.05) is 11.6 Å². The highest BCUT2D eigenvalue weighted by Crippen LogP contribution is 2.39. The smallest absolute Gasteiger partial charge is 0.324 e. The molecule has 0 spiro atoms. The van der Waals surface area contributed by atoms with Crippen molar-refractivity contribution in [1.82, 2.24) is 9.55 Å². The first kappa shape index (κ1) is 13.5. The molecule has 0 amide bonds. The molecule has 20 heavy (non-hydrogen) atoms. The summed E-state index contributed by atoms with van der Waals surface area (Å²) in [5.41, 5.74) is -0.171. The van der Waals surface area contributed by atoms with Gasteiger partial charge in [0.05, 0.1) is 24.5 Å². The summed E-state index contributed by atoms with van der Waals surface area (Å²) < 4.78 is 6.28. The molecule has 0 saturated carbocycles. The summed E-state index contributed by atoms with van der Waals surface area (Å²) in [4.78, 5) is 16.0. The van der Waals surface area contributed by atoms with Gasteiger partial charge in [0.15, 0.2) is 11.0 Å². The van der Waals surface area contributed by atoms with Crippen molar-refractivity contribution < 1.29 is 14.6 Å². The molecule has 104 valence electrons. The molecule has 2 atom stereocenters. The average Bonchev–Trinajstić information content (AvgIpc) is 3.02. The highest BCUT2D eigenvalue weighted by atomic mass is 35.5. The minimum atomic E-state index is -1.52. The molecule has 1 aromatic heterocycles. The van der Waals surface area contributed by atoms with Crippen LogP contribution < -0.4 is 0 Å². The molecule has 2 heterocycles. The number of thioether (sulfide) groups is 1. The largest absolute Gasteiger partial charge is 0.468 e. The predicted molar refractivity (Wildman–Crippen MR) is 77.5 cm³/mol. The van der Waals surface area contributed by atoms with Gasteiger partial charge in [-0.05, 0) is 29.7 Å². The fourth-order valence-corrected chi connectivity index (χ4v) is 3.42. The molecular formula is C13H11ClN2O3S. The van der Waals surface area contributed by atoms with Gasteiger partial charge in [-0.2, -0.15) is 0 Å². The third-order valence-corrected chi connectivity index (χ3v) is 4.56. The molecule has 0 radical (unpaired) electrons. The lowest BCUT2D eigenvalue weighted by Crippen LogP contribution is -2.43. The molecule has 1 aromatic carbocycles. The Morgan fingerprint density at radius 3 is 3.15 bits per heavy atom. The zero-order valence-electron chi connectivity index (χ0n) is 10.5. The van der Waals surface area contributed by atoms with E-state index in [2.05, 4.69) is 4.98 Å². The van der Waals surface area contributed by atoms with E-state index in [0.29, 0.717) is 16.1 Å². The molecule has 2 unspecified atom stereocenters. The number of rotatable bonds is 2. The van der Waals surface area contributed by atoms with Crippen LogP contribution in [0.5, 0.6) is 0 Å². The van der Waals surface area contributed by atoms with E-state index >= 15 is 0 Å². The quantitative estimate of drug-likeness (QED) is 0.861. The van der Waals surface area contributed by atoms with Crippen molar-refractivity contribution in [3.63, 3.8) is 0 Å². The van der Waals surface area contributed by atoms with Crippen LogP contribution in [-0.2, 0) is 15.3 Å². The molecule has 3 rings (SSSR count). The third-order valence-electron chi connectivity index (χ3n) is 3.22. The summed E-state index contributed by atoms with van der Waals surface area (Å²) in [6, 6.07) is 5.19. The molecule has 1 aliphatic rings. The van der Waals surface area contributed by atoms with E-state index in [-0.39, 0.29) is 0 Å². The van der Waals surface area contributed by atoms with E-state index in [1.54, 1.807) is 29.7 Å². The van der Waals surface area contributed by atoms with Crippen LogP contribution in [0.25, 0.3) is 11.0 Å². The average molecular weight is 311 g/mol. The number of methoxy groups -OCH3 is 1. The van der Waals surface area contributed by atoms with Gasteiger partial charge in [0, 0.05) is 5.02 Å². The van der Waals surface area contributed by atoms with Gasteiger partial charge in [-0.15, -0.1) is 11.8 Å². The molecule has 0 fully saturated rings. The molecule has 2 aromatic rings. The number of imidazole rings is 1. The van der Waals surface area contributed by atoms with Crippen molar-refractivity contribution in [2.45, 2.75) is 11.0 Å². The third kappa shape index (κ3) is 1.91. The first-order valence-corrected chi connectivity index (χ1v) is 7.15. The van der Waals surface area contributed by atoms with Crippen molar-refractivity contribution in [3.05, 3.63) is 41.0 Å². The second-order valence-electron chi connectivity index (χ2n) is 4.37. The maximum Gasteiger partial charge on any atom is 0.324 e. The molecule has 1 aliphatic heterocycles. The summed E-state index contributed by atoms with van der Waals surface area (Å²) >= 11 is 7.19. The van der Waals surface area contributed by atoms with E-state index in [4.69, 9.17) is 16.3 Å². The lowest BCUT2D eigenvalue weighted by molar-refractivity contribution is -0.145. The molecule has 1 N–H and O–H groups in total. The second-order valence-corrected chi connectivity index (χ2v) is 5.82. The summed E-state index contributed by atoms with van der Waals surface area (Å²) in [5, 5.41) is 12.3. The van der Waals surface area contributed by atoms with Gasteiger partial charge in [0.2, 0.25) is 0 Å². The lowest BCUT2D eigenvalue weighted by Gasteiger charge is -2.28. The Morgan fingerprint density at radius 1 is 1.60 bits per heavy atom. The number of carbonyl (C=O) groups is 1. The highest BCUT2D eigenvalue weighted by Gasteiger charge is 2.46. The highest BCUT2D eigenvalue weighted by molar-refractivity contribution is 8.03. The molecule has 7 heteroatoms. The first-order valence-electron chi connectivity index (χ1n) is 5.83. The van der Waals surface area contributed by atoms with E-state index < -0.39 is 16.9 Å². The molecule has 0 aliphatic carbocycles. The minimum absolute atomic E-state index is 0.494. The zero-order valence-corrected chi connectivity index (χ0v) is 12.1. The summed E-state index contributed by atoms with van der Waals surface area (Å²) in [5.74, 6) is -0.494. The second kappa shape index (κ2) is 4.80. The van der Waals surface area contributed by atoms with Gasteiger partial charge >= 0.3 is 5.97 Å². The predicted octanol–water partition coefficient (Wildman–Crippen LogP) is 2.14. The Bertz CT molecular complexity index is 715. The molecule has 0 saturated heterocycles. The van der Waals surface area contributed by atoms with Crippen LogP contribution >= 0.6 is 23.4 Å². The lowest BCUT2D eigenvalue weighted by atomic mass is 10.1. The summed E-state index contributed by atoms with van der Waals surface area (Å²) in [6.45, 7) is 0. The summed E-state index contributed by atoms with van der Waals surface area (Å²) in [7, 11) is 1.30. The number of nitrogens with zero attached hydrogens (tertiary/aromatic N) is 2. The fourth-order valence-electron chi connectivity index (χ4n) is 2.21. The standard InChI is InChI=1S/C13H11ClN2O3S/c1-19-12(17)11-13(18,4-5-20-11)16-7-15-9-3-2-8(14)6-10(9)16/h2-7,11,18H,1H3. The Hall–Kier alpha value is -1.50. The molecular weight excluding hydrogens is 300 g/mol. The van der Waals surface area contributed by atoms with Crippen LogP contribution in [0.3, 0.4) is 0 Å². The Kier molecular flexibility index (Phi) is 3.24. The van der Waals surface area contributed by atoms with E-state index in [1.165, 1.54) is 29.8 Å². The maximum atomic E-state index is 11.8. The van der Waals surface area contributed by atoms with Gasteiger partial charge in [0.25, 0.3) is 0 Å². The number of carbonyl (C=O) groups excluding carboxylic acids is 1. The van der Waals surface area contributed by atoms with Crippen LogP contribution in [0.15, 0.2) is 36.0 Å². The normalized spacial score (nSPS) is 25.2. The monoisotopic (exact) mass is 310 g/mol. The van der Waals surface area contributed by atoms with Crippen LogP contribution in [0.1, 0.15) is 0 Å². The van der Waals surface area contributed by atoms with E-state index in [0.717, 1.165) is 0 Å². The SMILES string of the molecule is COC(=O)C1SC=CC1(O)n1cnc2ccc(Cl)cc21. The van der Waals surface area contributed by atoms with E-state index in [1.807, 2.05) is 0 Å². The van der Waals surface area contributed by atoms with Crippen molar-refractivity contribution in [1.29, 1.82) is 0 Å². The van der Waals surface area contributed by atoms with Crippen molar-refractivity contribution in [3.8, 4) is 0 Å². The fraction of sp³-hybridized carbons (Fsp3) is 0.231. The number of ether oxygens (including phenoxy) is 1. The Labute approximate surface area is 124 Å². The Balaban J connectivity index is 2.15. The first-order chi connectivity index (χ1) is 9.56. The number of hydrogen-bond donors (Lipinski definition) is 1. The number of fused-ring (bicyclic) bond motifs is 1. The number of aromatic nitrogens is 2. The number of halogens is 1. The van der Waals surface area contributed by atoms with Gasteiger partial charge in [-0.3, -0.25) is 9.36 Å². The van der Waals surface area contributed by atoms with Gasteiger partial charge in [-0.25, -0.2) is 4.98 Å². The summed E-state index contributed by atoms with van der Waals surface area (Å²) in [6.07, 6.45) is 3.05. The topological polar surface area (TPSA) is 64.3 Å². The number of aliphatic hydroxyl groups is 1. The number of hydrogen-bond acceptors (Lipinski definition) is 5. The van der Waals surface area contributed by atoms with E-state index in [9.17, 15) is 9.90 Å². The molecule has 5 nitrogen and oxygen atoms in total. The van der Waals surface area contributed by atoms with Gasteiger partial charge in [0.1, 0.15) is 0 Å². The van der Waals surface area contributed by atoms with Crippen LogP contribution in [0.4, 0.5) is 0 Å². The number of esters is 1. The van der Waals surface area contributed by atoms with Crippen LogP contribution in [0.2, 0.25) is 5.02 Å². The van der Waals surface area contributed by atoms with Crippen LogP contribution in [-0.4, -0.2) is 33.0 Å². The maximum absolute atomic E-state index is 11.8. The van der Waals surface area contributed by atoms with Crippen molar-refractivity contribution in [2.75, 3.05) is 7.11 Å².